The Balaban J connectivity index is 1.50. The first-order chi connectivity index (χ1) is 16.1. The summed E-state index contributed by atoms with van der Waals surface area (Å²) < 4.78 is 12.1. The first-order valence-electron chi connectivity index (χ1n) is 11.3. The number of para-hydroxylation sites is 1. The molecule has 4 nitrogen and oxygen atoms in total. The molecule has 3 aromatic rings. The SMILES string of the molecule is CC#C[C@H](CC(=O)O)c1ccc(OC2CCc3cc(-c4ccccc4OCC)ccc32)cc1. The number of carboxylic acids is 1. The van der Waals surface area contributed by atoms with Crippen molar-refractivity contribution >= 4 is 5.97 Å². The van der Waals surface area contributed by atoms with Gasteiger partial charge in [0.15, 0.2) is 0 Å². The fourth-order valence-electron chi connectivity index (χ4n) is 4.40. The summed E-state index contributed by atoms with van der Waals surface area (Å²) in [6.07, 6.45) is 1.89. The zero-order valence-electron chi connectivity index (χ0n) is 19.0. The molecule has 0 amide bonds. The third-order valence-corrected chi connectivity index (χ3v) is 5.92. The second-order valence-corrected chi connectivity index (χ2v) is 8.10. The first-order valence-corrected chi connectivity index (χ1v) is 11.3. The van der Waals surface area contributed by atoms with Gasteiger partial charge >= 0.3 is 5.97 Å². The molecule has 0 saturated heterocycles. The van der Waals surface area contributed by atoms with E-state index in [9.17, 15) is 4.79 Å². The number of aryl methyl sites for hydroxylation is 1. The van der Waals surface area contributed by atoms with Crippen molar-refractivity contribution in [2.45, 2.75) is 45.1 Å². The third kappa shape index (κ3) is 5.21. The fourth-order valence-corrected chi connectivity index (χ4v) is 4.40. The van der Waals surface area contributed by atoms with Gasteiger partial charge in [-0.3, -0.25) is 4.79 Å². The normalized spacial score (nSPS) is 15.2. The van der Waals surface area contributed by atoms with Crippen LogP contribution < -0.4 is 9.47 Å². The van der Waals surface area contributed by atoms with Crippen LogP contribution in [0, 0.1) is 11.8 Å². The average molecular weight is 441 g/mol. The van der Waals surface area contributed by atoms with Crippen LogP contribution in [0.4, 0.5) is 0 Å². The molecular weight excluding hydrogens is 412 g/mol. The molecule has 4 heteroatoms. The second kappa shape index (κ2) is 10.3. The number of hydrogen-bond donors (Lipinski definition) is 1. The molecule has 4 rings (SSSR count). The van der Waals surface area contributed by atoms with Crippen LogP contribution in [-0.2, 0) is 11.2 Å². The minimum atomic E-state index is -0.853. The number of aliphatic carboxylic acids is 1. The summed E-state index contributed by atoms with van der Waals surface area (Å²) in [5.74, 6) is 6.33. The van der Waals surface area contributed by atoms with E-state index in [1.54, 1.807) is 6.92 Å². The van der Waals surface area contributed by atoms with E-state index < -0.39 is 5.97 Å². The Morgan fingerprint density at radius 1 is 1.12 bits per heavy atom. The van der Waals surface area contributed by atoms with Crippen molar-refractivity contribution < 1.29 is 19.4 Å². The maximum Gasteiger partial charge on any atom is 0.304 e. The lowest BCUT2D eigenvalue weighted by Crippen LogP contribution is -2.06. The number of carboxylic acid groups (broad SMARTS) is 1. The van der Waals surface area contributed by atoms with Crippen LogP contribution in [0.5, 0.6) is 11.5 Å². The molecule has 2 atom stereocenters. The molecule has 3 aromatic carbocycles. The largest absolute Gasteiger partial charge is 0.493 e. The Morgan fingerprint density at radius 2 is 1.91 bits per heavy atom. The molecule has 0 saturated carbocycles. The lowest BCUT2D eigenvalue weighted by atomic mass is 9.96. The van der Waals surface area contributed by atoms with Crippen LogP contribution in [0.3, 0.4) is 0 Å². The minimum Gasteiger partial charge on any atom is -0.493 e. The van der Waals surface area contributed by atoms with Gasteiger partial charge in [-0.25, -0.2) is 0 Å². The van der Waals surface area contributed by atoms with E-state index in [2.05, 4.69) is 36.1 Å². The summed E-state index contributed by atoms with van der Waals surface area (Å²) in [5, 5.41) is 9.14. The molecule has 0 fully saturated rings. The van der Waals surface area contributed by atoms with Crippen molar-refractivity contribution in [3.05, 3.63) is 83.4 Å². The highest BCUT2D eigenvalue weighted by Crippen LogP contribution is 2.39. The molecule has 0 aromatic heterocycles. The van der Waals surface area contributed by atoms with E-state index in [4.69, 9.17) is 14.6 Å². The molecule has 168 valence electrons. The third-order valence-electron chi connectivity index (χ3n) is 5.92. The van der Waals surface area contributed by atoms with Crippen LogP contribution in [-0.4, -0.2) is 17.7 Å². The summed E-state index contributed by atoms with van der Waals surface area (Å²) >= 11 is 0. The standard InChI is InChI=1S/C29H28O4/c1-3-7-21(19-29(30)31)20-10-14-24(15-11-20)33-28-17-13-23-18-22(12-16-26(23)28)25-8-5-6-9-27(25)32-4-2/h5-6,8-12,14-16,18,21,28H,4,13,17,19H2,1-2H3,(H,30,31)/t21-,28?/m1/s1. The Labute approximate surface area is 195 Å². The number of hydrogen-bond acceptors (Lipinski definition) is 3. The quantitative estimate of drug-likeness (QED) is 0.412. The van der Waals surface area contributed by atoms with Gasteiger partial charge in [-0.05, 0) is 67.1 Å². The van der Waals surface area contributed by atoms with Crippen molar-refractivity contribution in [2.24, 2.45) is 0 Å². The van der Waals surface area contributed by atoms with E-state index in [0.29, 0.717) is 6.61 Å². The van der Waals surface area contributed by atoms with Crippen molar-refractivity contribution in [2.75, 3.05) is 6.61 Å². The minimum absolute atomic E-state index is 0.00675. The van der Waals surface area contributed by atoms with Gasteiger partial charge in [0.25, 0.3) is 0 Å². The molecule has 0 aliphatic heterocycles. The van der Waals surface area contributed by atoms with Crippen LogP contribution >= 0.6 is 0 Å². The zero-order chi connectivity index (χ0) is 23.2. The van der Waals surface area contributed by atoms with Gasteiger partial charge in [-0.15, -0.1) is 5.92 Å². The number of carbonyl (C=O) groups is 1. The number of benzene rings is 3. The number of rotatable bonds is 8. The van der Waals surface area contributed by atoms with Crippen LogP contribution in [0.2, 0.25) is 0 Å². The predicted molar refractivity (Wildman–Crippen MR) is 130 cm³/mol. The van der Waals surface area contributed by atoms with Crippen LogP contribution in [0.1, 0.15) is 55.4 Å². The van der Waals surface area contributed by atoms with Crippen molar-refractivity contribution in [3.63, 3.8) is 0 Å². The zero-order valence-corrected chi connectivity index (χ0v) is 19.0. The van der Waals surface area contributed by atoms with Gasteiger partial charge in [0.05, 0.1) is 18.9 Å². The summed E-state index contributed by atoms with van der Waals surface area (Å²) in [4.78, 5) is 11.1. The molecule has 0 bridgehead atoms. The molecule has 0 spiro atoms. The molecule has 0 heterocycles. The Hall–Kier alpha value is -3.71. The van der Waals surface area contributed by atoms with Crippen LogP contribution in [0.25, 0.3) is 11.1 Å². The molecular formula is C29H28O4. The van der Waals surface area contributed by atoms with E-state index in [1.807, 2.05) is 49.4 Å². The maximum absolute atomic E-state index is 11.1. The van der Waals surface area contributed by atoms with Crippen molar-refractivity contribution in [1.82, 2.24) is 0 Å². The van der Waals surface area contributed by atoms with E-state index in [1.165, 1.54) is 11.1 Å². The number of ether oxygens (including phenoxy) is 2. The highest BCUT2D eigenvalue weighted by atomic mass is 16.5. The molecule has 1 aliphatic rings. The van der Waals surface area contributed by atoms with E-state index >= 15 is 0 Å². The summed E-state index contributed by atoms with van der Waals surface area (Å²) in [5.41, 5.74) is 5.68. The monoisotopic (exact) mass is 440 g/mol. The lowest BCUT2D eigenvalue weighted by molar-refractivity contribution is -0.137. The molecule has 1 unspecified atom stereocenters. The smallest absolute Gasteiger partial charge is 0.304 e. The summed E-state index contributed by atoms with van der Waals surface area (Å²) in [6, 6.07) is 22.3. The predicted octanol–water partition coefficient (Wildman–Crippen LogP) is 6.40. The highest BCUT2D eigenvalue weighted by Gasteiger charge is 2.25. The Kier molecular flexibility index (Phi) is 7.00. The second-order valence-electron chi connectivity index (χ2n) is 8.10. The van der Waals surface area contributed by atoms with Gasteiger partial charge in [0.2, 0.25) is 0 Å². The first kappa shape index (κ1) is 22.5. The average Bonchev–Trinajstić information content (AvgIpc) is 3.21. The van der Waals surface area contributed by atoms with Gasteiger partial charge in [0, 0.05) is 5.56 Å². The Bertz CT molecular complexity index is 1180. The summed E-state index contributed by atoms with van der Waals surface area (Å²) in [6.45, 7) is 4.36. The van der Waals surface area contributed by atoms with Crippen LogP contribution in [0.15, 0.2) is 66.7 Å². The van der Waals surface area contributed by atoms with Gasteiger partial charge < -0.3 is 14.6 Å². The van der Waals surface area contributed by atoms with E-state index in [-0.39, 0.29) is 18.4 Å². The van der Waals surface area contributed by atoms with Crippen molar-refractivity contribution in [1.29, 1.82) is 0 Å². The highest BCUT2D eigenvalue weighted by molar-refractivity contribution is 5.72. The topological polar surface area (TPSA) is 55.8 Å². The van der Waals surface area contributed by atoms with E-state index in [0.717, 1.165) is 41.0 Å². The van der Waals surface area contributed by atoms with Crippen molar-refractivity contribution in [3.8, 4) is 34.5 Å². The Morgan fingerprint density at radius 3 is 2.64 bits per heavy atom. The van der Waals surface area contributed by atoms with Gasteiger partial charge in [-0.1, -0.05) is 54.5 Å². The molecule has 0 radical (unpaired) electrons. The molecule has 1 N–H and O–H groups in total. The lowest BCUT2D eigenvalue weighted by Gasteiger charge is -2.17. The summed E-state index contributed by atoms with van der Waals surface area (Å²) in [7, 11) is 0. The number of fused-ring (bicyclic) bond motifs is 1. The maximum atomic E-state index is 11.1. The van der Waals surface area contributed by atoms with Gasteiger partial charge in [-0.2, -0.15) is 0 Å². The molecule has 1 aliphatic carbocycles. The fraction of sp³-hybridized carbons (Fsp3) is 0.276. The van der Waals surface area contributed by atoms with Gasteiger partial charge in [0.1, 0.15) is 17.6 Å². The molecule has 33 heavy (non-hydrogen) atoms.